The van der Waals surface area contributed by atoms with Gasteiger partial charge in [0.15, 0.2) is 0 Å². The van der Waals surface area contributed by atoms with E-state index in [-0.39, 0.29) is 0 Å². The van der Waals surface area contributed by atoms with Gasteiger partial charge in [-0.3, -0.25) is 5.10 Å². The lowest BCUT2D eigenvalue weighted by atomic mass is 9.88. The molecule has 0 spiro atoms. The van der Waals surface area contributed by atoms with E-state index in [0.29, 0.717) is 12.5 Å². The molecule has 3 heterocycles. The summed E-state index contributed by atoms with van der Waals surface area (Å²) >= 11 is 1.69. The predicted octanol–water partition coefficient (Wildman–Crippen LogP) is 3.68. The van der Waals surface area contributed by atoms with Crippen LogP contribution in [0.5, 0.6) is 0 Å². The first-order chi connectivity index (χ1) is 13.7. The SMILES string of the molecule is O=C(O)NCC1CCc2c(sc3ncnc(Nc4ccc5[nH]ncc5c4)c23)C1. The van der Waals surface area contributed by atoms with Crippen LogP contribution in [0.15, 0.2) is 30.7 Å². The topological polar surface area (TPSA) is 116 Å². The van der Waals surface area contributed by atoms with Gasteiger partial charge in [0, 0.05) is 22.5 Å². The Labute approximate surface area is 164 Å². The van der Waals surface area contributed by atoms with Gasteiger partial charge in [0.05, 0.1) is 17.1 Å². The molecule has 1 aliphatic carbocycles. The third-order valence-electron chi connectivity index (χ3n) is 5.19. The van der Waals surface area contributed by atoms with E-state index in [1.54, 1.807) is 23.9 Å². The summed E-state index contributed by atoms with van der Waals surface area (Å²) in [7, 11) is 0. The lowest BCUT2D eigenvalue weighted by molar-refractivity contribution is 0.191. The minimum Gasteiger partial charge on any atom is -0.465 e. The Morgan fingerprint density at radius 3 is 3.18 bits per heavy atom. The number of aromatic amines is 1. The number of thiophene rings is 1. The molecule has 3 aromatic heterocycles. The van der Waals surface area contributed by atoms with Crippen molar-refractivity contribution in [3.8, 4) is 0 Å². The van der Waals surface area contributed by atoms with Crippen LogP contribution in [-0.2, 0) is 12.8 Å². The van der Waals surface area contributed by atoms with Gasteiger partial charge in [-0.2, -0.15) is 5.10 Å². The molecule has 0 radical (unpaired) electrons. The second-order valence-electron chi connectivity index (χ2n) is 7.00. The summed E-state index contributed by atoms with van der Waals surface area (Å²) in [6, 6.07) is 6.03. The number of carboxylic acid groups (broad SMARTS) is 1. The summed E-state index contributed by atoms with van der Waals surface area (Å²) in [6.07, 6.45) is 5.16. The Hall–Kier alpha value is -3.20. The second-order valence-corrected chi connectivity index (χ2v) is 8.08. The minimum absolute atomic E-state index is 0.324. The van der Waals surface area contributed by atoms with E-state index in [9.17, 15) is 4.79 Å². The minimum atomic E-state index is -0.964. The molecule has 5 rings (SSSR count). The van der Waals surface area contributed by atoms with Crippen LogP contribution >= 0.6 is 11.3 Å². The average molecular weight is 394 g/mol. The normalized spacial score (nSPS) is 16.2. The number of rotatable bonds is 4. The number of amides is 1. The fourth-order valence-electron chi connectivity index (χ4n) is 3.84. The third-order valence-corrected chi connectivity index (χ3v) is 6.35. The van der Waals surface area contributed by atoms with Gasteiger partial charge in [0.1, 0.15) is 17.0 Å². The van der Waals surface area contributed by atoms with Gasteiger partial charge in [-0.15, -0.1) is 11.3 Å². The van der Waals surface area contributed by atoms with E-state index >= 15 is 0 Å². The highest BCUT2D eigenvalue weighted by molar-refractivity contribution is 7.19. The first-order valence-corrected chi connectivity index (χ1v) is 9.91. The van der Waals surface area contributed by atoms with E-state index in [0.717, 1.165) is 51.9 Å². The Morgan fingerprint density at radius 1 is 1.36 bits per heavy atom. The lowest BCUT2D eigenvalue weighted by Crippen LogP contribution is -2.30. The van der Waals surface area contributed by atoms with E-state index in [1.165, 1.54) is 10.4 Å². The number of aryl methyl sites for hydroxylation is 1. The fourth-order valence-corrected chi connectivity index (χ4v) is 5.14. The van der Waals surface area contributed by atoms with Crippen molar-refractivity contribution < 1.29 is 9.90 Å². The molecule has 0 aliphatic heterocycles. The van der Waals surface area contributed by atoms with Crippen LogP contribution < -0.4 is 10.6 Å². The summed E-state index contributed by atoms with van der Waals surface area (Å²) in [5, 5.41) is 23.9. The number of hydrogen-bond acceptors (Lipinski definition) is 6. The number of carbonyl (C=O) groups is 1. The van der Waals surface area contributed by atoms with Crippen molar-refractivity contribution in [3.63, 3.8) is 0 Å². The molecular formula is C19H18N6O2S. The van der Waals surface area contributed by atoms with E-state index in [1.807, 2.05) is 18.2 Å². The highest BCUT2D eigenvalue weighted by Crippen LogP contribution is 2.40. The van der Waals surface area contributed by atoms with E-state index in [2.05, 4.69) is 30.8 Å². The highest BCUT2D eigenvalue weighted by Gasteiger charge is 2.25. The van der Waals surface area contributed by atoms with Crippen molar-refractivity contribution in [1.29, 1.82) is 0 Å². The van der Waals surface area contributed by atoms with Crippen molar-refractivity contribution in [2.75, 3.05) is 11.9 Å². The van der Waals surface area contributed by atoms with Crippen LogP contribution in [0.1, 0.15) is 16.9 Å². The molecule has 0 bridgehead atoms. The molecule has 9 heteroatoms. The summed E-state index contributed by atoms with van der Waals surface area (Å²) < 4.78 is 0. The monoisotopic (exact) mass is 394 g/mol. The smallest absolute Gasteiger partial charge is 0.404 e. The Morgan fingerprint density at radius 2 is 2.29 bits per heavy atom. The maximum absolute atomic E-state index is 10.8. The summed E-state index contributed by atoms with van der Waals surface area (Å²) in [6.45, 7) is 0.491. The maximum Gasteiger partial charge on any atom is 0.404 e. The van der Waals surface area contributed by atoms with Crippen LogP contribution in [0.3, 0.4) is 0 Å². The van der Waals surface area contributed by atoms with Gasteiger partial charge in [-0.25, -0.2) is 14.8 Å². The van der Waals surface area contributed by atoms with E-state index in [4.69, 9.17) is 5.11 Å². The first kappa shape index (κ1) is 16.9. The van der Waals surface area contributed by atoms with Gasteiger partial charge in [-0.1, -0.05) is 0 Å². The fraction of sp³-hybridized carbons (Fsp3) is 0.263. The molecule has 4 N–H and O–H groups in total. The van der Waals surface area contributed by atoms with Gasteiger partial charge < -0.3 is 15.7 Å². The zero-order valence-corrected chi connectivity index (χ0v) is 15.7. The molecule has 8 nitrogen and oxygen atoms in total. The number of nitrogens with one attached hydrogen (secondary N) is 3. The molecule has 4 aromatic rings. The highest BCUT2D eigenvalue weighted by atomic mass is 32.1. The molecular weight excluding hydrogens is 376 g/mol. The Balaban J connectivity index is 1.46. The van der Waals surface area contributed by atoms with Crippen LogP contribution in [0, 0.1) is 5.92 Å². The number of aromatic nitrogens is 4. The molecule has 142 valence electrons. The standard InChI is InChI=1S/C19H18N6O2S/c26-19(27)20-7-10-1-3-13-15(5-10)28-18-16(13)17(21-9-22-18)24-12-2-4-14-11(6-12)8-23-25-14/h2,4,6,8-10,20H,1,3,5,7H2,(H,23,25)(H,26,27)(H,21,22,24). The number of anilines is 2. The van der Waals surface area contributed by atoms with Crippen molar-refractivity contribution >= 4 is 50.1 Å². The largest absolute Gasteiger partial charge is 0.465 e. The number of benzene rings is 1. The van der Waals surface area contributed by atoms with E-state index < -0.39 is 6.09 Å². The average Bonchev–Trinajstić information content (AvgIpc) is 3.30. The number of fused-ring (bicyclic) bond motifs is 4. The summed E-state index contributed by atoms with van der Waals surface area (Å²) in [5.41, 5.74) is 3.24. The quantitative estimate of drug-likeness (QED) is 0.420. The van der Waals surface area contributed by atoms with Crippen LogP contribution in [0.25, 0.3) is 21.1 Å². The summed E-state index contributed by atoms with van der Waals surface area (Å²) in [4.78, 5) is 22.0. The summed E-state index contributed by atoms with van der Waals surface area (Å²) in [5.74, 6) is 1.14. The number of nitrogens with zero attached hydrogens (tertiary/aromatic N) is 3. The van der Waals surface area contributed by atoms with Crippen LogP contribution in [0.4, 0.5) is 16.3 Å². The van der Waals surface area contributed by atoms with Crippen LogP contribution in [-0.4, -0.2) is 37.9 Å². The molecule has 1 amide bonds. The lowest BCUT2D eigenvalue weighted by Gasteiger charge is -2.22. The second kappa shape index (κ2) is 6.75. The number of hydrogen-bond donors (Lipinski definition) is 4. The zero-order chi connectivity index (χ0) is 19.1. The third kappa shape index (κ3) is 3.03. The molecule has 0 fully saturated rings. The molecule has 1 unspecified atom stereocenters. The zero-order valence-electron chi connectivity index (χ0n) is 14.9. The molecule has 1 aliphatic rings. The maximum atomic E-state index is 10.8. The molecule has 0 saturated heterocycles. The molecule has 28 heavy (non-hydrogen) atoms. The van der Waals surface area contributed by atoms with Crippen molar-refractivity contribution in [1.82, 2.24) is 25.5 Å². The number of H-pyrrole nitrogens is 1. The first-order valence-electron chi connectivity index (χ1n) is 9.09. The van der Waals surface area contributed by atoms with Gasteiger partial charge in [0.25, 0.3) is 0 Å². The van der Waals surface area contributed by atoms with Crippen molar-refractivity contribution in [2.45, 2.75) is 19.3 Å². The predicted molar refractivity (Wildman–Crippen MR) is 108 cm³/mol. The van der Waals surface area contributed by atoms with Crippen molar-refractivity contribution in [2.24, 2.45) is 5.92 Å². The van der Waals surface area contributed by atoms with Crippen molar-refractivity contribution in [3.05, 3.63) is 41.2 Å². The molecule has 1 atom stereocenters. The Kier molecular flexibility index (Phi) is 4.09. The van der Waals surface area contributed by atoms with Gasteiger partial charge >= 0.3 is 6.09 Å². The molecule has 0 saturated carbocycles. The molecule has 1 aromatic carbocycles. The van der Waals surface area contributed by atoms with Crippen LogP contribution in [0.2, 0.25) is 0 Å². The Bertz CT molecular complexity index is 1180. The van der Waals surface area contributed by atoms with Gasteiger partial charge in [-0.05, 0) is 48.9 Å². The van der Waals surface area contributed by atoms with Gasteiger partial charge in [0.2, 0.25) is 0 Å².